The average molecular weight is 541 g/mol. The van der Waals surface area contributed by atoms with E-state index in [9.17, 15) is 0 Å². The van der Waals surface area contributed by atoms with Crippen molar-refractivity contribution in [2.45, 2.75) is 46.2 Å². The Morgan fingerprint density at radius 3 is 2.54 bits per heavy atom. The SMILES string of the molecule is CCN(CC)CCCC(C)NC(=NC)NCc1ccc(OC)c(Br)c1.I. The summed E-state index contributed by atoms with van der Waals surface area (Å²) < 4.78 is 6.22. The molecule has 0 bridgehead atoms. The zero-order valence-corrected chi connectivity index (χ0v) is 20.6. The molecule has 0 aliphatic carbocycles. The Morgan fingerprint density at radius 2 is 2.00 bits per heavy atom. The van der Waals surface area contributed by atoms with Crippen LogP contribution in [0, 0.1) is 0 Å². The molecule has 0 fully saturated rings. The third-order valence-corrected chi connectivity index (χ3v) is 4.91. The van der Waals surface area contributed by atoms with E-state index >= 15 is 0 Å². The summed E-state index contributed by atoms with van der Waals surface area (Å²) in [6.07, 6.45) is 2.32. The molecular weight excluding hydrogens is 507 g/mol. The first-order valence-corrected chi connectivity index (χ1v) is 9.85. The maximum Gasteiger partial charge on any atom is 0.191 e. The molecule has 150 valence electrons. The Bertz CT molecular complexity index is 538. The molecule has 1 atom stereocenters. The lowest BCUT2D eigenvalue weighted by molar-refractivity contribution is 0.292. The van der Waals surface area contributed by atoms with Crippen molar-refractivity contribution in [3.63, 3.8) is 0 Å². The topological polar surface area (TPSA) is 48.9 Å². The molecule has 2 N–H and O–H groups in total. The minimum absolute atomic E-state index is 0. The second-order valence-corrected chi connectivity index (χ2v) is 6.96. The van der Waals surface area contributed by atoms with Crippen molar-refractivity contribution in [2.75, 3.05) is 33.8 Å². The predicted molar refractivity (Wildman–Crippen MR) is 126 cm³/mol. The van der Waals surface area contributed by atoms with Crippen molar-refractivity contribution in [1.82, 2.24) is 15.5 Å². The molecule has 1 aromatic rings. The van der Waals surface area contributed by atoms with Crippen molar-refractivity contribution in [3.8, 4) is 5.75 Å². The summed E-state index contributed by atoms with van der Waals surface area (Å²) >= 11 is 3.52. The molecule has 0 spiro atoms. The van der Waals surface area contributed by atoms with Crippen LogP contribution < -0.4 is 15.4 Å². The highest BCUT2D eigenvalue weighted by Crippen LogP contribution is 2.25. The third-order valence-electron chi connectivity index (χ3n) is 4.29. The van der Waals surface area contributed by atoms with Crippen molar-refractivity contribution in [1.29, 1.82) is 0 Å². The lowest BCUT2D eigenvalue weighted by Gasteiger charge is -2.21. The van der Waals surface area contributed by atoms with Gasteiger partial charge in [0.25, 0.3) is 0 Å². The zero-order valence-electron chi connectivity index (χ0n) is 16.6. The Balaban J connectivity index is 0.00000625. The van der Waals surface area contributed by atoms with E-state index in [4.69, 9.17) is 4.74 Å². The van der Waals surface area contributed by atoms with E-state index in [1.165, 1.54) is 12.0 Å². The predicted octanol–water partition coefficient (Wildman–Crippen LogP) is 4.25. The molecule has 0 amide bonds. The van der Waals surface area contributed by atoms with Crippen molar-refractivity contribution in [3.05, 3.63) is 28.2 Å². The summed E-state index contributed by atoms with van der Waals surface area (Å²) in [6, 6.07) is 6.47. The van der Waals surface area contributed by atoms with E-state index < -0.39 is 0 Å². The fourth-order valence-corrected chi connectivity index (χ4v) is 3.25. The number of benzene rings is 1. The van der Waals surface area contributed by atoms with E-state index in [-0.39, 0.29) is 24.0 Å². The summed E-state index contributed by atoms with van der Waals surface area (Å²) in [6.45, 7) is 10.8. The quantitative estimate of drug-likeness (QED) is 0.264. The van der Waals surface area contributed by atoms with E-state index in [0.29, 0.717) is 12.6 Å². The third kappa shape index (κ3) is 9.41. The van der Waals surface area contributed by atoms with Gasteiger partial charge in [-0.1, -0.05) is 19.9 Å². The standard InChI is InChI=1S/C19H33BrN4O.HI/c1-6-24(7-2)12-8-9-15(3)23-19(21-4)22-14-16-10-11-18(25-5)17(20)13-16;/h10-11,13,15H,6-9,12,14H2,1-5H3,(H2,21,22,23);1H. The van der Waals surface area contributed by atoms with Gasteiger partial charge in [-0.05, 0) is 73.0 Å². The molecule has 0 aliphatic heterocycles. The van der Waals surface area contributed by atoms with Gasteiger partial charge in [-0.25, -0.2) is 0 Å². The van der Waals surface area contributed by atoms with Crippen LogP contribution in [0.2, 0.25) is 0 Å². The molecule has 26 heavy (non-hydrogen) atoms. The van der Waals surface area contributed by atoms with Gasteiger partial charge in [0.2, 0.25) is 0 Å². The number of halogens is 2. The van der Waals surface area contributed by atoms with Crippen LogP contribution in [0.4, 0.5) is 0 Å². The summed E-state index contributed by atoms with van der Waals surface area (Å²) in [7, 11) is 3.48. The molecule has 0 saturated carbocycles. The first kappa shape index (κ1) is 25.5. The van der Waals surface area contributed by atoms with Gasteiger partial charge in [0.15, 0.2) is 5.96 Å². The number of nitrogens with zero attached hydrogens (tertiary/aromatic N) is 2. The Labute approximate surface area is 184 Å². The highest BCUT2D eigenvalue weighted by atomic mass is 127. The molecule has 1 rings (SSSR count). The van der Waals surface area contributed by atoms with Crippen LogP contribution in [0.15, 0.2) is 27.7 Å². The van der Waals surface area contributed by atoms with Gasteiger partial charge in [0, 0.05) is 19.6 Å². The number of nitrogens with one attached hydrogen (secondary N) is 2. The molecule has 5 nitrogen and oxygen atoms in total. The van der Waals surface area contributed by atoms with Gasteiger partial charge in [-0.3, -0.25) is 4.99 Å². The molecule has 0 heterocycles. The first-order valence-electron chi connectivity index (χ1n) is 9.05. The van der Waals surface area contributed by atoms with Gasteiger partial charge in [-0.2, -0.15) is 0 Å². The van der Waals surface area contributed by atoms with Crippen LogP contribution in [0.5, 0.6) is 5.75 Å². The number of methoxy groups -OCH3 is 1. The highest BCUT2D eigenvalue weighted by Gasteiger charge is 2.07. The van der Waals surface area contributed by atoms with Crippen molar-refractivity contribution < 1.29 is 4.74 Å². The molecule has 0 saturated heterocycles. The fraction of sp³-hybridized carbons (Fsp3) is 0.632. The minimum Gasteiger partial charge on any atom is -0.496 e. The van der Waals surface area contributed by atoms with Gasteiger partial charge in [0.1, 0.15) is 5.75 Å². The molecule has 7 heteroatoms. The normalized spacial score (nSPS) is 12.5. The van der Waals surface area contributed by atoms with Crippen molar-refractivity contribution >= 4 is 45.9 Å². The summed E-state index contributed by atoms with van der Waals surface area (Å²) in [4.78, 5) is 6.78. The van der Waals surface area contributed by atoms with Gasteiger partial charge < -0.3 is 20.3 Å². The van der Waals surface area contributed by atoms with Crippen LogP contribution in [0.3, 0.4) is 0 Å². The van der Waals surface area contributed by atoms with Crippen LogP contribution in [-0.4, -0.2) is 50.7 Å². The average Bonchev–Trinajstić information content (AvgIpc) is 2.62. The number of ether oxygens (including phenoxy) is 1. The monoisotopic (exact) mass is 540 g/mol. The van der Waals surface area contributed by atoms with Crippen molar-refractivity contribution in [2.24, 2.45) is 4.99 Å². The molecular formula is C19H34BrIN4O. The second kappa shape index (κ2) is 14.5. The molecule has 0 aliphatic rings. The van der Waals surface area contributed by atoms with Gasteiger partial charge >= 0.3 is 0 Å². The van der Waals surface area contributed by atoms with Crippen LogP contribution in [0.1, 0.15) is 39.2 Å². The van der Waals surface area contributed by atoms with Crippen LogP contribution in [0.25, 0.3) is 0 Å². The smallest absolute Gasteiger partial charge is 0.191 e. The number of hydrogen-bond donors (Lipinski definition) is 2. The molecule has 1 unspecified atom stereocenters. The lowest BCUT2D eigenvalue weighted by atomic mass is 10.2. The van der Waals surface area contributed by atoms with E-state index in [2.05, 4.69) is 69.4 Å². The van der Waals surface area contributed by atoms with Gasteiger partial charge in [0.05, 0.1) is 11.6 Å². The molecule has 1 aromatic carbocycles. The first-order chi connectivity index (χ1) is 12.0. The highest BCUT2D eigenvalue weighted by molar-refractivity contribution is 14.0. The number of hydrogen-bond acceptors (Lipinski definition) is 3. The number of aliphatic imine (C=N–C) groups is 1. The van der Waals surface area contributed by atoms with Crippen LogP contribution in [-0.2, 0) is 6.54 Å². The summed E-state index contributed by atoms with van der Waals surface area (Å²) in [5.74, 6) is 1.68. The van der Waals surface area contributed by atoms with Crippen LogP contribution >= 0.6 is 39.9 Å². The number of guanidine groups is 1. The maximum atomic E-state index is 5.26. The lowest BCUT2D eigenvalue weighted by Crippen LogP contribution is -2.42. The maximum absolute atomic E-state index is 5.26. The second-order valence-electron chi connectivity index (χ2n) is 6.11. The van der Waals surface area contributed by atoms with E-state index in [1.807, 2.05) is 13.1 Å². The Kier molecular flexibility index (Phi) is 14.2. The fourth-order valence-electron chi connectivity index (χ4n) is 2.67. The number of rotatable bonds is 10. The molecule has 0 radical (unpaired) electrons. The Morgan fingerprint density at radius 1 is 1.31 bits per heavy atom. The largest absolute Gasteiger partial charge is 0.496 e. The van der Waals surface area contributed by atoms with Gasteiger partial charge in [-0.15, -0.1) is 24.0 Å². The Hall–Kier alpha value is -0.540. The zero-order chi connectivity index (χ0) is 18.7. The minimum atomic E-state index is 0. The van der Waals surface area contributed by atoms with E-state index in [0.717, 1.165) is 42.2 Å². The van der Waals surface area contributed by atoms with E-state index in [1.54, 1.807) is 7.11 Å². The summed E-state index contributed by atoms with van der Waals surface area (Å²) in [5.41, 5.74) is 1.17. The molecule has 0 aromatic heterocycles. The summed E-state index contributed by atoms with van der Waals surface area (Å²) in [5, 5.41) is 6.84.